The highest BCUT2D eigenvalue weighted by molar-refractivity contribution is 7.26. The molecule has 0 radical (unpaired) electrons. The molecule has 4 heterocycles. The van der Waals surface area contributed by atoms with Crippen molar-refractivity contribution >= 4 is 108 Å². The van der Waals surface area contributed by atoms with Crippen molar-refractivity contribution in [2.24, 2.45) is 0 Å². The molecule has 0 bridgehead atoms. The number of hydrogen-bond donors (Lipinski definition) is 0. The molecular weight excluding hydrogens is 789 g/mol. The average Bonchev–Trinajstić information content (AvgIpc) is 4.02. The Hall–Kier alpha value is -8.19. The van der Waals surface area contributed by atoms with Crippen LogP contribution in [0.4, 0.5) is 0 Å². The van der Waals surface area contributed by atoms with Crippen molar-refractivity contribution in [3.05, 3.63) is 194 Å². The summed E-state index contributed by atoms with van der Waals surface area (Å²) in [5, 5.41) is 13.8. The molecule has 0 amide bonds. The smallest absolute Gasteiger partial charge is 0.165 e. The third-order valence-electron chi connectivity index (χ3n) is 12.8. The van der Waals surface area contributed by atoms with Gasteiger partial charge in [0, 0.05) is 69.9 Å². The van der Waals surface area contributed by atoms with Crippen molar-refractivity contribution in [2.75, 3.05) is 0 Å². The van der Waals surface area contributed by atoms with Gasteiger partial charge in [-0.3, -0.25) is 0 Å². The van der Waals surface area contributed by atoms with Crippen LogP contribution in [0.2, 0.25) is 0 Å². The molecule has 0 unspecified atom stereocenters. The first-order chi connectivity index (χ1) is 31.2. The van der Waals surface area contributed by atoms with Crippen LogP contribution in [-0.4, -0.2) is 19.5 Å². The Morgan fingerprint density at radius 3 is 1.87 bits per heavy atom. The van der Waals surface area contributed by atoms with Crippen LogP contribution in [0.3, 0.4) is 0 Å². The fourth-order valence-electron chi connectivity index (χ4n) is 9.95. The highest BCUT2D eigenvalue weighted by Gasteiger charge is 2.23. The minimum absolute atomic E-state index is 0.594. The molecule has 0 spiro atoms. The van der Waals surface area contributed by atoms with Crippen LogP contribution in [0.15, 0.2) is 199 Å². The van der Waals surface area contributed by atoms with Crippen molar-refractivity contribution in [3.63, 3.8) is 0 Å². The Labute approximate surface area is 363 Å². The number of furan rings is 1. The molecule has 0 aliphatic heterocycles. The third-order valence-corrected chi connectivity index (χ3v) is 14.0. The molecule has 292 valence electrons. The summed E-state index contributed by atoms with van der Waals surface area (Å²) in [5.74, 6) is 1.85. The summed E-state index contributed by atoms with van der Waals surface area (Å²) in [4.78, 5) is 16.0. The number of para-hydroxylation sites is 1. The second-order valence-electron chi connectivity index (χ2n) is 16.3. The monoisotopic (exact) mass is 820 g/mol. The minimum Gasteiger partial charge on any atom is -0.456 e. The maximum absolute atomic E-state index is 6.94. The largest absolute Gasteiger partial charge is 0.456 e. The van der Waals surface area contributed by atoms with Gasteiger partial charge in [0.2, 0.25) is 0 Å². The molecule has 5 nitrogen and oxygen atoms in total. The minimum atomic E-state index is 0.594. The summed E-state index contributed by atoms with van der Waals surface area (Å²) in [5.41, 5.74) is 7.76. The first-order valence-electron chi connectivity index (χ1n) is 21.2. The molecule has 6 heteroatoms. The van der Waals surface area contributed by atoms with Crippen LogP contribution in [0.5, 0.6) is 0 Å². The summed E-state index contributed by atoms with van der Waals surface area (Å²) in [6.45, 7) is 0. The molecule has 14 rings (SSSR count). The highest BCUT2D eigenvalue weighted by atomic mass is 32.1. The predicted molar refractivity (Wildman–Crippen MR) is 263 cm³/mol. The van der Waals surface area contributed by atoms with E-state index in [0.29, 0.717) is 17.5 Å². The molecule has 0 N–H and O–H groups in total. The number of thiophene rings is 1. The van der Waals surface area contributed by atoms with Gasteiger partial charge < -0.3 is 8.98 Å². The summed E-state index contributed by atoms with van der Waals surface area (Å²) < 4.78 is 11.7. The van der Waals surface area contributed by atoms with Gasteiger partial charge in [0.15, 0.2) is 17.5 Å². The van der Waals surface area contributed by atoms with Crippen molar-refractivity contribution in [2.45, 2.75) is 0 Å². The molecule has 0 aliphatic rings. The van der Waals surface area contributed by atoms with Gasteiger partial charge in [-0.25, -0.2) is 15.0 Å². The van der Waals surface area contributed by atoms with Crippen molar-refractivity contribution in [1.82, 2.24) is 19.5 Å². The van der Waals surface area contributed by atoms with Crippen LogP contribution in [-0.2, 0) is 0 Å². The van der Waals surface area contributed by atoms with Gasteiger partial charge in [-0.05, 0) is 69.4 Å². The fraction of sp³-hybridized carbons (Fsp3) is 0. The second kappa shape index (κ2) is 13.2. The fourth-order valence-corrected chi connectivity index (χ4v) is 11.2. The molecule has 0 aliphatic carbocycles. The zero-order chi connectivity index (χ0) is 41.2. The summed E-state index contributed by atoms with van der Waals surface area (Å²) in [6.07, 6.45) is 0. The van der Waals surface area contributed by atoms with E-state index in [2.05, 4.69) is 193 Å². The Balaban J connectivity index is 1.05. The highest BCUT2D eigenvalue weighted by Crippen LogP contribution is 2.45. The van der Waals surface area contributed by atoms with Gasteiger partial charge in [0.1, 0.15) is 11.2 Å². The molecule has 0 atom stereocenters. The number of hydrogen-bond acceptors (Lipinski definition) is 5. The second-order valence-corrected chi connectivity index (χ2v) is 17.4. The van der Waals surface area contributed by atoms with E-state index in [1.54, 1.807) is 11.3 Å². The third kappa shape index (κ3) is 5.13. The van der Waals surface area contributed by atoms with E-state index in [1.165, 1.54) is 42.4 Å². The normalized spacial score (nSPS) is 12.1. The van der Waals surface area contributed by atoms with Crippen LogP contribution in [0.1, 0.15) is 0 Å². The quantitative estimate of drug-likeness (QED) is 0.177. The molecule has 14 aromatic rings. The molecule has 0 saturated heterocycles. The first-order valence-corrected chi connectivity index (χ1v) is 22.0. The van der Waals surface area contributed by atoms with E-state index in [4.69, 9.17) is 19.4 Å². The lowest BCUT2D eigenvalue weighted by Crippen LogP contribution is -2.00. The molecule has 10 aromatic carbocycles. The van der Waals surface area contributed by atoms with Gasteiger partial charge >= 0.3 is 0 Å². The SMILES string of the molecule is c1ccc2cc(-c3nc(-c4cccc5c4sc4ccccc45)nc(-c4cccc5oc6cc(-n7c8ccccc8c8cc9ccccc9cc87)c7ccccc7c6c45)n3)ccc2c1. The maximum atomic E-state index is 6.94. The Morgan fingerprint density at radius 2 is 1.02 bits per heavy atom. The molecular formula is C57H32N4OS. The van der Waals surface area contributed by atoms with E-state index in [1.807, 2.05) is 6.07 Å². The Kier molecular flexibility index (Phi) is 7.21. The number of fused-ring (bicyclic) bond motifs is 13. The average molecular weight is 821 g/mol. The lowest BCUT2D eigenvalue weighted by molar-refractivity contribution is 0.669. The topological polar surface area (TPSA) is 56.7 Å². The first kappa shape index (κ1) is 34.5. The van der Waals surface area contributed by atoms with E-state index in [0.717, 1.165) is 76.2 Å². The zero-order valence-electron chi connectivity index (χ0n) is 33.6. The molecule has 4 aromatic heterocycles. The van der Waals surface area contributed by atoms with Gasteiger partial charge in [0.25, 0.3) is 0 Å². The van der Waals surface area contributed by atoms with Gasteiger partial charge in [-0.2, -0.15) is 0 Å². The van der Waals surface area contributed by atoms with Crippen molar-refractivity contribution < 1.29 is 4.42 Å². The lowest BCUT2D eigenvalue weighted by atomic mass is 9.99. The van der Waals surface area contributed by atoms with Crippen LogP contribution >= 0.6 is 11.3 Å². The van der Waals surface area contributed by atoms with Crippen LogP contribution < -0.4 is 0 Å². The van der Waals surface area contributed by atoms with E-state index < -0.39 is 0 Å². The molecule has 0 fully saturated rings. The number of benzene rings is 10. The number of aromatic nitrogens is 4. The zero-order valence-corrected chi connectivity index (χ0v) is 34.4. The van der Waals surface area contributed by atoms with E-state index >= 15 is 0 Å². The summed E-state index contributed by atoms with van der Waals surface area (Å²) in [7, 11) is 0. The van der Waals surface area contributed by atoms with Gasteiger partial charge in [-0.15, -0.1) is 11.3 Å². The maximum Gasteiger partial charge on any atom is 0.165 e. The van der Waals surface area contributed by atoms with Gasteiger partial charge in [-0.1, -0.05) is 146 Å². The lowest BCUT2D eigenvalue weighted by Gasteiger charge is -2.13. The summed E-state index contributed by atoms with van der Waals surface area (Å²) >= 11 is 1.78. The van der Waals surface area contributed by atoms with E-state index in [-0.39, 0.29) is 0 Å². The number of rotatable bonds is 4. The Morgan fingerprint density at radius 1 is 0.381 bits per heavy atom. The summed E-state index contributed by atoms with van der Waals surface area (Å²) in [6, 6.07) is 69.0. The van der Waals surface area contributed by atoms with E-state index in [9.17, 15) is 0 Å². The van der Waals surface area contributed by atoms with Crippen molar-refractivity contribution in [1.29, 1.82) is 0 Å². The number of nitrogens with zero attached hydrogens (tertiary/aromatic N) is 4. The van der Waals surface area contributed by atoms with Gasteiger partial charge in [0.05, 0.1) is 16.7 Å². The van der Waals surface area contributed by atoms with Crippen LogP contribution in [0, 0.1) is 0 Å². The predicted octanol–water partition coefficient (Wildman–Crippen LogP) is 15.7. The molecule has 63 heavy (non-hydrogen) atoms. The Bertz CT molecular complexity index is 4230. The molecule has 0 saturated carbocycles. The van der Waals surface area contributed by atoms with Crippen LogP contribution in [0.25, 0.3) is 136 Å². The van der Waals surface area contributed by atoms with Crippen molar-refractivity contribution in [3.8, 4) is 39.9 Å². The standard InChI is InChI=1S/C57H32N4OS/c1-2-14-34-29-37(28-27-33(34)13-1)55-58-56(60-57(59-55)44-23-11-21-42-40-19-8-10-26-51(40)63-54(42)44)43-22-12-25-49-53(43)52-41-20-6-5-17-38(41)48(32-50(52)62-49)61-46-24-9-7-18-39(46)45-30-35-15-3-4-16-36(35)31-47(45)61/h1-32H.